The quantitative estimate of drug-likeness (QED) is 0.457. The molecule has 0 aliphatic rings. The van der Waals surface area contributed by atoms with Crippen molar-refractivity contribution in [2.75, 3.05) is 7.11 Å². The van der Waals surface area contributed by atoms with Gasteiger partial charge < -0.3 is 25.4 Å². The van der Waals surface area contributed by atoms with Crippen LogP contribution in [0.25, 0.3) is 0 Å². The molecule has 174 valence electrons. The highest BCUT2D eigenvalue weighted by molar-refractivity contribution is 5.92. The van der Waals surface area contributed by atoms with Crippen molar-refractivity contribution in [3.63, 3.8) is 0 Å². The summed E-state index contributed by atoms with van der Waals surface area (Å²) in [5.41, 5.74) is -0.695. The number of hydrogen-bond donors (Lipinski definition) is 3. The molecule has 0 bridgehead atoms. The van der Waals surface area contributed by atoms with Gasteiger partial charge in [0.05, 0.1) is 7.11 Å². The van der Waals surface area contributed by atoms with Gasteiger partial charge in [-0.1, -0.05) is 27.7 Å². The zero-order valence-corrected chi connectivity index (χ0v) is 19.8. The van der Waals surface area contributed by atoms with Gasteiger partial charge in [-0.15, -0.1) is 0 Å². The number of hydrogen-bond acceptors (Lipinski definition) is 6. The molecule has 0 aromatic rings. The van der Waals surface area contributed by atoms with Crippen LogP contribution in [0.2, 0.25) is 0 Å². The highest BCUT2D eigenvalue weighted by Gasteiger charge is 2.30. The van der Waals surface area contributed by atoms with Gasteiger partial charge in [0, 0.05) is 0 Å². The van der Waals surface area contributed by atoms with Crippen LogP contribution in [-0.2, 0) is 23.9 Å². The van der Waals surface area contributed by atoms with E-state index in [1.165, 1.54) is 14.0 Å². The van der Waals surface area contributed by atoms with E-state index in [0.29, 0.717) is 12.8 Å². The third kappa shape index (κ3) is 11.6. The van der Waals surface area contributed by atoms with Crippen molar-refractivity contribution in [1.29, 1.82) is 0 Å². The van der Waals surface area contributed by atoms with Gasteiger partial charge in [-0.3, -0.25) is 9.59 Å². The van der Waals surface area contributed by atoms with E-state index in [2.05, 4.69) is 16.0 Å². The van der Waals surface area contributed by atoms with Crippen LogP contribution in [-0.4, -0.2) is 54.7 Å². The summed E-state index contributed by atoms with van der Waals surface area (Å²) >= 11 is 0. The molecular formula is C21H39N3O6. The summed E-state index contributed by atoms with van der Waals surface area (Å²) in [5.74, 6) is -1.27. The van der Waals surface area contributed by atoms with Crippen molar-refractivity contribution >= 4 is 23.9 Å². The topological polar surface area (TPSA) is 123 Å². The molecule has 9 nitrogen and oxygen atoms in total. The number of methoxy groups -OCH3 is 1. The van der Waals surface area contributed by atoms with Gasteiger partial charge in [-0.25, -0.2) is 9.59 Å². The molecule has 0 fully saturated rings. The summed E-state index contributed by atoms with van der Waals surface area (Å²) in [6.45, 7) is 14.3. The monoisotopic (exact) mass is 429 g/mol. The van der Waals surface area contributed by atoms with Crippen molar-refractivity contribution in [2.24, 2.45) is 11.8 Å². The van der Waals surface area contributed by atoms with E-state index in [9.17, 15) is 19.2 Å². The Kier molecular flexibility index (Phi) is 11.4. The van der Waals surface area contributed by atoms with Gasteiger partial charge in [0.15, 0.2) is 0 Å². The van der Waals surface area contributed by atoms with Gasteiger partial charge in [0.1, 0.15) is 23.7 Å². The number of esters is 1. The molecule has 3 atom stereocenters. The summed E-state index contributed by atoms with van der Waals surface area (Å²) in [6, 6.07) is -2.57. The van der Waals surface area contributed by atoms with E-state index < -0.39 is 47.6 Å². The largest absolute Gasteiger partial charge is 0.467 e. The fourth-order valence-electron chi connectivity index (χ4n) is 2.65. The molecular weight excluding hydrogens is 390 g/mol. The normalized spacial score (nSPS) is 14.5. The van der Waals surface area contributed by atoms with Crippen LogP contribution < -0.4 is 16.0 Å². The maximum Gasteiger partial charge on any atom is 0.408 e. The summed E-state index contributed by atoms with van der Waals surface area (Å²) in [7, 11) is 1.26. The SMILES string of the molecule is COC(=O)[C@H](CC(C)C)NC(=O)[C@H](CC(C)C)NC(=O)[C@@H](C)NC(=O)OC(C)(C)C. The number of nitrogens with one attached hydrogen (secondary N) is 3. The molecule has 0 aliphatic heterocycles. The first-order valence-corrected chi connectivity index (χ1v) is 10.3. The summed E-state index contributed by atoms with van der Waals surface area (Å²) < 4.78 is 9.92. The minimum atomic E-state index is -0.908. The first-order valence-electron chi connectivity index (χ1n) is 10.3. The Morgan fingerprint density at radius 2 is 1.23 bits per heavy atom. The molecule has 0 rings (SSSR count). The van der Waals surface area contributed by atoms with Crippen molar-refractivity contribution in [1.82, 2.24) is 16.0 Å². The fraction of sp³-hybridized carbons (Fsp3) is 0.810. The van der Waals surface area contributed by atoms with Crippen LogP contribution in [0, 0.1) is 11.8 Å². The minimum Gasteiger partial charge on any atom is -0.467 e. The van der Waals surface area contributed by atoms with Crippen molar-refractivity contribution in [3.05, 3.63) is 0 Å². The Bertz CT molecular complexity index is 598. The van der Waals surface area contributed by atoms with Crippen molar-refractivity contribution in [2.45, 2.75) is 92.0 Å². The van der Waals surface area contributed by atoms with Crippen molar-refractivity contribution < 1.29 is 28.7 Å². The maximum absolute atomic E-state index is 12.8. The highest BCUT2D eigenvalue weighted by atomic mass is 16.6. The Morgan fingerprint density at radius 1 is 0.767 bits per heavy atom. The highest BCUT2D eigenvalue weighted by Crippen LogP contribution is 2.10. The van der Waals surface area contributed by atoms with Crippen LogP contribution in [0.1, 0.15) is 68.2 Å². The molecule has 0 spiro atoms. The zero-order chi connectivity index (χ0) is 23.6. The third-order valence-corrected chi connectivity index (χ3v) is 3.98. The number of alkyl carbamates (subject to hydrolysis) is 1. The van der Waals surface area contributed by atoms with Gasteiger partial charge in [0.25, 0.3) is 0 Å². The number of rotatable bonds is 10. The molecule has 0 aromatic carbocycles. The molecule has 0 aliphatic carbocycles. The van der Waals surface area contributed by atoms with E-state index in [1.54, 1.807) is 20.8 Å². The molecule has 0 unspecified atom stereocenters. The summed E-state index contributed by atoms with van der Waals surface area (Å²) in [4.78, 5) is 49.2. The maximum atomic E-state index is 12.8. The fourth-order valence-corrected chi connectivity index (χ4v) is 2.65. The molecule has 0 radical (unpaired) electrons. The Morgan fingerprint density at radius 3 is 1.67 bits per heavy atom. The van der Waals surface area contributed by atoms with Gasteiger partial charge in [0.2, 0.25) is 11.8 Å². The Balaban J connectivity index is 5.16. The molecule has 0 saturated heterocycles. The second kappa shape index (κ2) is 12.4. The Hall–Kier alpha value is -2.32. The lowest BCUT2D eigenvalue weighted by molar-refractivity contribution is -0.146. The number of carbonyl (C=O) groups is 4. The lowest BCUT2D eigenvalue weighted by Gasteiger charge is -2.26. The lowest BCUT2D eigenvalue weighted by Crippen LogP contribution is -2.56. The number of ether oxygens (including phenoxy) is 2. The average Bonchev–Trinajstić information content (AvgIpc) is 2.56. The summed E-state index contributed by atoms with van der Waals surface area (Å²) in [6.07, 6.45) is 0.0571. The van der Waals surface area contributed by atoms with E-state index in [4.69, 9.17) is 9.47 Å². The molecule has 30 heavy (non-hydrogen) atoms. The molecule has 0 saturated carbocycles. The number of carbonyl (C=O) groups excluding carboxylic acids is 4. The van der Waals surface area contributed by atoms with E-state index in [0.717, 1.165) is 0 Å². The predicted octanol–water partition coefficient (Wildman–Crippen LogP) is 2.13. The van der Waals surface area contributed by atoms with E-state index >= 15 is 0 Å². The smallest absolute Gasteiger partial charge is 0.408 e. The average molecular weight is 430 g/mol. The van der Waals surface area contributed by atoms with Crippen molar-refractivity contribution in [3.8, 4) is 0 Å². The van der Waals surface area contributed by atoms with Crippen LogP contribution in [0.15, 0.2) is 0 Å². The zero-order valence-electron chi connectivity index (χ0n) is 19.8. The molecule has 0 aromatic heterocycles. The van der Waals surface area contributed by atoms with Gasteiger partial charge >= 0.3 is 12.1 Å². The molecule has 0 heterocycles. The molecule has 9 heteroatoms. The second-order valence-corrected chi connectivity index (χ2v) is 9.27. The first-order chi connectivity index (χ1) is 13.7. The predicted molar refractivity (Wildman–Crippen MR) is 114 cm³/mol. The van der Waals surface area contributed by atoms with Crippen LogP contribution in [0.4, 0.5) is 4.79 Å². The summed E-state index contributed by atoms with van der Waals surface area (Å²) in [5, 5.41) is 7.79. The Labute approximate surface area is 180 Å². The minimum absolute atomic E-state index is 0.108. The second-order valence-electron chi connectivity index (χ2n) is 9.27. The van der Waals surface area contributed by atoms with Crippen LogP contribution in [0.3, 0.4) is 0 Å². The van der Waals surface area contributed by atoms with Crippen LogP contribution >= 0.6 is 0 Å². The number of amides is 3. The van der Waals surface area contributed by atoms with E-state index in [1.807, 2.05) is 27.7 Å². The molecule has 3 amide bonds. The lowest BCUT2D eigenvalue weighted by atomic mass is 10.0. The molecule has 3 N–H and O–H groups in total. The third-order valence-electron chi connectivity index (χ3n) is 3.98. The first kappa shape index (κ1) is 27.7. The van der Waals surface area contributed by atoms with Gasteiger partial charge in [-0.05, 0) is 52.4 Å². The van der Waals surface area contributed by atoms with Crippen LogP contribution in [0.5, 0.6) is 0 Å². The van der Waals surface area contributed by atoms with E-state index in [-0.39, 0.29) is 11.8 Å². The standard InChI is InChI=1S/C21H39N3O6/c1-12(2)10-15(18(26)24-16(11-13(3)4)19(27)29-9)23-17(25)14(5)22-20(28)30-21(6,7)8/h12-16H,10-11H2,1-9H3,(H,22,28)(H,23,25)(H,24,26)/t14-,15+,16+/m1/s1. The van der Waals surface area contributed by atoms with Gasteiger partial charge in [-0.2, -0.15) is 0 Å².